The number of carboxylic acid groups (broad SMARTS) is 1. The van der Waals surface area contributed by atoms with Gasteiger partial charge in [0.25, 0.3) is 11.8 Å². The summed E-state index contributed by atoms with van der Waals surface area (Å²) in [6.45, 7) is 3.67. The largest absolute Gasteiger partial charge is 0.480 e. The number of amides is 2. The van der Waals surface area contributed by atoms with Crippen molar-refractivity contribution in [1.29, 1.82) is 0 Å². The van der Waals surface area contributed by atoms with E-state index in [1.54, 1.807) is 49.4 Å². The van der Waals surface area contributed by atoms with Crippen LogP contribution in [0.3, 0.4) is 0 Å². The van der Waals surface area contributed by atoms with E-state index in [0.29, 0.717) is 23.2 Å². The molecule has 3 N–H and O–H groups in total. The Balaban J connectivity index is 0.00000261. The monoisotopic (exact) mass is 388 g/mol. The lowest BCUT2D eigenvalue weighted by atomic mass is 9.89. The van der Waals surface area contributed by atoms with E-state index in [1.165, 1.54) is 0 Å². The van der Waals surface area contributed by atoms with Crippen LogP contribution < -0.4 is 10.6 Å². The smallest absolute Gasteiger partial charge is 0.321 e. The minimum Gasteiger partial charge on any atom is -0.480 e. The quantitative estimate of drug-likeness (QED) is 0.766. The SMILES string of the molecule is CCC(c1ccc(N2C(=O)c3cccc(C)c3C2=O)cc1)[C@H](N)C(=O)O.Cl. The fourth-order valence-corrected chi connectivity index (χ4v) is 3.43. The Bertz CT molecular complexity index is 895. The highest BCUT2D eigenvalue weighted by atomic mass is 35.5. The molecular formula is C20H21ClN2O4. The first-order valence-electron chi connectivity index (χ1n) is 8.43. The molecule has 1 unspecified atom stereocenters. The number of hydrogen-bond acceptors (Lipinski definition) is 4. The van der Waals surface area contributed by atoms with Crippen molar-refractivity contribution in [1.82, 2.24) is 0 Å². The highest BCUT2D eigenvalue weighted by molar-refractivity contribution is 6.34. The summed E-state index contributed by atoms with van der Waals surface area (Å²) in [5.74, 6) is -2.09. The average molecular weight is 389 g/mol. The van der Waals surface area contributed by atoms with Gasteiger partial charge in [-0.3, -0.25) is 14.4 Å². The number of rotatable bonds is 5. The van der Waals surface area contributed by atoms with Crippen molar-refractivity contribution in [2.75, 3.05) is 4.90 Å². The molecule has 0 spiro atoms. The molecule has 142 valence electrons. The molecule has 1 heterocycles. The van der Waals surface area contributed by atoms with Crippen LogP contribution in [0.15, 0.2) is 42.5 Å². The van der Waals surface area contributed by atoms with E-state index in [1.807, 2.05) is 6.92 Å². The molecule has 6 nitrogen and oxygen atoms in total. The summed E-state index contributed by atoms with van der Waals surface area (Å²) in [4.78, 5) is 37.7. The van der Waals surface area contributed by atoms with Gasteiger partial charge >= 0.3 is 5.97 Å². The Hall–Kier alpha value is -2.70. The Kier molecular flexibility index (Phi) is 6.03. The molecule has 0 aromatic heterocycles. The summed E-state index contributed by atoms with van der Waals surface area (Å²) in [7, 11) is 0. The maximum atomic E-state index is 12.7. The topological polar surface area (TPSA) is 101 Å². The number of carboxylic acids is 1. The second-order valence-electron chi connectivity index (χ2n) is 6.41. The first-order chi connectivity index (χ1) is 12.4. The van der Waals surface area contributed by atoms with Gasteiger partial charge in [-0.15, -0.1) is 12.4 Å². The molecule has 2 atom stereocenters. The Morgan fingerprint density at radius 2 is 1.74 bits per heavy atom. The molecule has 1 aliphatic rings. The number of carbonyl (C=O) groups excluding carboxylic acids is 2. The van der Waals surface area contributed by atoms with Gasteiger partial charge in [0.05, 0.1) is 16.8 Å². The molecule has 27 heavy (non-hydrogen) atoms. The average Bonchev–Trinajstić information content (AvgIpc) is 2.88. The standard InChI is InChI=1S/C20H20N2O4.ClH/c1-3-14(17(21)20(25)26)12-7-9-13(10-8-12)22-18(23)15-6-4-5-11(2)16(15)19(22)24;/h4-10,14,17H,3,21H2,1-2H3,(H,25,26);1H/t14?,17-;/m0./s1. The minimum absolute atomic E-state index is 0. The van der Waals surface area contributed by atoms with Gasteiger partial charge in [0.2, 0.25) is 0 Å². The van der Waals surface area contributed by atoms with Crippen LogP contribution in [0.4, 0.5) is 5.69 Å². The van der Waals surface area contributed by atoms with Gasteiger partial charge < -0.3 is 10.8 Å². The van der Waals surface area contributed by atoms with Gasteiger partial charge in [0.1, 0.15) is 6.04 Å². The molecule has 0 bridgehead atoms. The lowest BCUT2D eigenvalue weighted by Gasteiger charge is -2.21. The third kappa shape index (κ3) is 3.46. The van der Waals surface area contributed by atoms with Crippen molar-refractivity contribution >= 4 is 35.9 Å². The normalized spacial score (nSPS) is 15.1. The number of carbonyl (C=O) groups is 3. The summed E-state index contributed by atoms with van der Waals surface area (Å²) in [6, 6.07) is 11.0. The van der Waals surface area contributed by atoms with Gasteiger partial charge in [0, 0.05) is 5.92 Å². The minimum atomic E-state index is -1.06. The van der Waals surface area contributed by atoms with E-state index in [4.69, 9.17) is 10.8 Å². The van der Waals surface area contributed by atoms with Gasteiger partial charge in [-0.1, -0.05) is 31.2 Å². The number of nitrogens with zero attached hydrogens (tertiary/aromatic N) is 1. The maximum absolute atomic E-state index is 12.7. The molecular weight excluding hydrogens is 368 g/mol. The molecule has 0 fully saturated rings. The molecule has 2 amide bonds. The molecule has 0 saturated carbocycles. The summed E-state index contributed by atoms with van der Waals surface area (Å²) < 4.78 is 0. The molecule has 0 aliphatic carbocycles. The number of aryl methyl sites for hydroxylation is 1. The number of nitrogens with two attached hydrogens (primary N) is 1. The van der Waals surface area contributed by atoms with Crippen molar-refractivity contribution in [3.05, 3.63) is 64.7 Å². The number of halogens is 1. The highest BCUT2D eigenvalue weighted by Gasteiger charge is 2.37. The van der Waals surface area contributed by atoms with E-state index in [-0.39, 0.29) is 30.1 Å². The van der Waals surface area contributed by atoms with Crippen molar-refractivity contribution < 1.29 is 19.5 Å². The number of aliphatic carboxylic acids is 1. The van der Waals surface area contributed by atoms with Crippen molar-refractivity contribution in [3.8, 4) is 0 Å². The zero-order valence-corrected chi connectivity index (χ0v) is 15.8. The van der Waals surface area contributed by atoms with E-state index < -0.39 is 12.0 Å². The van der Waals surface area contributed by atoms with Gasteiger partial charge in [-0.2, -0.15) is 0 Å². The van der Waals surface area contributed by atoms with E-state index >= 15 is 0 Å². The lowest BCUT2D eigenvalue weighted by molar-refractivity contribution is -0.139. The fraction of sp³-hybridized carbons (Fsp3) is 0.250. The van der Waals surface area contributed by atoms with Crippen LogP contribution in [0, 0.1) is 6.92 Å². The molecule has 1 aliphatic heterocycles. The van der Waals surface area contributed by atoms with Crippen molar-refractivity contribution in [2.24, 2.45) is 5.73 Å². The summed E-state index contributed by atoms with van der Waals surface area (Å²) in [5, 5.41) is 9.15. The molecule has 0 radical (unpaired) electrons. The zero-order valence-electron chi connectivity index (χ0n) is 15.0. The Morgan fingerprint density at radius 3 is 2.26 bits per heavy atom. The summed E-state index contributed by atoms with van der Waals surface area (Å²) >= 11 is 0. The number of benzene rings is 2. The van der Waals surface area contributed by atoms with Crippen LogP contribution in [0.25, 0.3) is 0 Å². The van der Waals surface area contributed by atoms with Gasteiger partial charge in [0.15, 0.2) is 0 Å². The number of fused-ring (bicyclic) bond motifs is 1. The predicted octanol–water partition coefficient (Wildman–Crippen LogP) is 3.12. The highest BCUT2D eigenvalue weighted by Crippen LogP contribution is 2.32. The molecule has 2 aromatic rings. The number of imide groups is 1. The molecule has 7 heteroatoms. The van der Waals surface area contributed by atoms with Crippen molar-refractivity contribution in [3.63, 3.8) is 0 Å². The second-order valence-corrected chi connectivity index (χ2v) is 6.41. The molecule has 2 aromatic carbocycles. The van der Waals surface area contributed by atoms with Crippen LogP contribution in [0.5, 0.6) is 0 Å². The first kappa shape index (κ1) is 20.6. The lowest BCUT2D eigenvalue weighted by Crippen LogP contribution is -2.36. The van der Waals surface area contributed by atoms with Gasteiger partial charge in [-0.05, 0) is 42.7 Å². The van der Waals surface area contributed by atoms with Crippen LogP contribution in [-0.2, 0) is 4.79 Å². The predicted molar refractivity (Wildman–Crippen MR) is 105 cm³/mol. The van der Waals surface area contributed by atoms with Crippen LogP contribution in [0.2, 0.25) is 0 Å². The van der Waals surface area contributed by atoms with E-state index in [0.717, 1.165) is 16.0 Å². The maximum Gasteiger partial charge on any atom is 0.321 e. The van der Waals surface area contributed by atoms with E-state index in [2.05, 4.69) is 0 Å². The molecule has 0 saturated heterocycles. The van der Waals surface area contributed by atoms with E-state index in [9.17, 15) is 14.4 Å². The fourth-order valence-electron chi connectivity index (χ4n) is 3.43. The number of hydrogen-bond donors (Lipinski definition) is 2. The van der Waals surface area contributed by atoms with Crippen LogP contribution in [0.1, 0.15) is 51.1 Å². The number of anilines is 1. The summed E-state index contributed by atoms with van der Waals surface area (Å²) in [5.41, 5.74) is 8.58. The van der Waals surface area contributed by atoms with Crippen molar-refractivity contribution in [2.45, 2.75) is 32.2 Å². The molecule has 3 rings (SSSR count). The third-order valence-corrected chi connectivity index (χ3v) is 4.86. The van der Waals surface area contributed by atoms with Crippen LogP contribution >= 0.6 is 12.4 Å². The third-order valence-electron chi connectivity index (χ3n) is 4.86. The summed E-state index contributed by atoms with van der Waals surface area (Å²) in [6.07, 6.45) is 0.568. The first-order valence-corrected chi connectivity index (χ1v) is 8.43. The second kappa shape index (κ2) is 7.90. The van der Waals surface area contributed by atoms with Crippen LogP contribution in [-0.4, -0.2) is 28.9 Å². The Labute approximate surface area is 163 Å². The Morgan fingerprint density at radius 1 is 1.11 bits per heavy atom. The zero-order chi connectivity index (χ0) is 19.0. The van der Waals surface area contributed by atoms with Gasteiger partial charge in [-0.25, -0.2) is 4.90 Å².